The van der Waals surface area contributed by atoms with Gasteiger partial charge in [-0.2, -0.15) is 8.75 Å². The van der Waals surface area contributed by atoms with Gasteiger partial charge in [-0.15, -0.1) is 0 Å². The molecule has 2 atom stereocenters. The van der Waals surface area contributed by atoms with Crippen molar-refractivity contribution in [2.45, 2.75) is 18.6 Å². The number of aliphatic hydroxyl groups is 1. The predicted octanol–water partition coefficient (Wildman–Crippen LogP) is 0.182. The van der Waals surface area contributed by atoms with Crippen molar-refractivity contribution >= 4 is 23.5 Å². The average molecular weight is 384 g/mol. The van der Waals surface area contributed by atoms with Crippen LogP contribution in [0.2, 0.25) is 0 Å². The summed E-state index contributed by atoms with van der Waals surface area (Å²) in [5.74, 6) is -1.51. The normalized spacial score (nSPS) is 12.9. The molecule has 0 spiro atoms. The highest BCUT2D eigenvalue weighted by atomic mass is 32.1. The molecule has 2 heterocycles. The first-order valence-electron chi connectivity index (χ1n) is 7.97. The molecule has 2 aromatic heterocycles. The number of aromatic nitrogens is 4. The zero-order valence-corrected chi connectivity index (χ0v) is 14.8. The number of nitrogens with zero attached hydrogens (tertiary/aromatic N) is 4. The Hall–Kier alpha value is -3.24. The summed E-state index contributed by atoms with van der Waals surface area (Å²) in [6, 6.07) is 9.82. The summed E-state index contributed by atoms with van der Waals surface area (Å²) < 4.78 is 8.12. The fraction of sp³-hybridized carbons (Fsp3) is 0.176. The van der Waals surface area contributed by atoms with Crippen molar-refractivity contribution in [2.75, 3.05) is 0 Å². The van der Waals surface area contributed by atoms with Crippen LogP contribution in [0.1, 0.15) is 16.1 Å². The van der Waals surface area contributed by atoms with E-state index in [0.29, 0.717) is 11.4 Å². The highest BCUT2D eigenvalue weighted by Crippen LogP contribution is 2.19. The van der Waals surface area contributed by atoms with E-state index in [2.05, 4.69) is 24.0 Å². The topological polar surface area (TPSA) is 144 Å². The molecular formula is C17H16N6O3S. The maximum absolute atomic E-state index is 12.7. The van der Waals surface area contributed by atoms with Gasteiger partial charge >= 0.3 is 0 Å². The van der Waals surface area contributed by atoms with E-state index in [-0.39, 0.29) is 12.1 Å². The number of hydrogen-bond donors (Lipinski definition) is 3. The number of primary amides is 1. The van der Waals surface area contributed by atoms with E-state index in [1.807, 2.05) is 30.3 Å². The molecule has 0 fully saturated rings. The minimum atomic E-state index is -1.55. The first-order valence-corrected chi connectivity index (χ1v) is 8.70. The standard InChI is InChI=1S/C17H16N6O3S/c18-16(25)15(24)12(8-10-4-2-1-3-5-10)21-17(26)14-13(22-27-23-14)11-6-7-19-9-20-11/h1-7,9,12,15,24H,8H2,(H2,18,25)(H,21,26). The molecule has 0 radical (unpaired) electrons. The van der Waals surface area contributed by atoms with Crippen LogP contribution >= 0.6 is 11.7 Å². The minimum Gasteiger partial charge on any atom is -0.381 e. The molecule has 3 aromatic rings. The number of rotatable bonds is 7. The Labute approximate surface area is 158 Å². The summed E-state index contributed by atoms with van der Waals surface area (Å²) in [5, 5.41) is 12.8. The van der Waals surface area contributed by atoms with Crippen LogP contribution in [0.15, 0.2) is 48.9 Å². The third-order valence-electron chi connectivity index (χ3n) is 3.82. The van der Waals surface area contributed by atoms with Gasteiger partial charge in [-0.3, -0.25) is 9.59 Å². The Balaban J connectivity index is 1.83. The van der Waals surface area contributed by atoms with Gasteiger partial charge in [-0.25, -0.2) is 9.97 Å². The van der Waals surface area contributed by atoms with Crippen molar-refractivity contribution in [1.29, 1.82) is 0 Å². The third-order valence-corrected chi connectivity index (χ3v) is 4.34. The largest absolute Gasteiger partial charge is 0.381 e. The smallest absolute Gasteiger partial charge is 0.273 e. The SMILES string of the molecule is NC(=O)C(O)C(Cc1ccccc1)NC(=O)c1nsnc1-c1ccncn1. The lowest BCUT2D eigenvalue weighted by molar-refractivity contribution is -0.127. The van der Waals surface area contributed by atoms with Crippen molar-refractivity contribution < 1.29 is 14.7 Å². The molecular weight excluding hydrogens is 368 g/mol. The van der Waals surface area contributed by atoms with Gasteiger partial charge in [0.25, 0.3) is 5.91 Å². The average Bonchev–Trinajstić information content (AvgIpc) is 3.18. The Kier molecular flexibility index (Phi) is 5.79. The van der Waals surface area contributed by atoms with Gasteiger partial charge in [-0.1, -0.05) is 30.3 Å². The van der Waals surface area contributed by atoms with Gasteiger partial charge in [0.05, 0.1) is 23.5 Å². The van der Waals surface area contributed by atoms with Crippen LogP contribution in [0.25, 0.3) is 11.4 Å². The number of benzene rings is 1. The molecule has 0 aliphatic carbocycles. The first-order chi connectivity index (χ1) is 13.1. The van der Waals surface area contributed by atoms with Crippen LogP contribution in [-0.4, -0.2) is 47.8 Å². The fourth-order valence-corrected chi connectivity index (χ4v) is 3.03. The molecule has 0 saturated heterocycles. The molecule has 9 nitrogen and oxygen atoms in total. The van der Waals surface area contributed by atoms with Crippen LogP contribution in [-0.2, 0) is 11.2 Å². The van der Waals surface area contributed by atoms with Crippen LogP contribution in [0.4, 0.5) is 0 Å². The van der Waals surface area contributed by atoms with E-state index in [0.717, 1.165) is 17.3 Å². The lowest BCUT2D eigenvalue weighted by Gasteiger charge is -2.22. The zero-order chi connectivity index (χ0) is 19.2. The minimum absolute atomic E-state index is 0.0495. The number of carbonyl (C=O) groups is 2. The lowest BCUT2D eigenvalue weighted by Crippen LogP contribution is -2.50. The molecule has 138 valence electrons. The molecule has 10 heteroatoms. The van der Waals surface area contributed by atoms with E-state index < -0.39 is 24.0 Å². The molecule has 3 rings (SSSR count). The van der Waals surface area contributed by atoms with E-state index in [1.165, 1.54) is 12.5 Å². The summed E-state index contributed by atoms with van der Waals surface area (Å²) in [5.41, 5.74) is 6.84. The van der Waals surface area contributed by atoms with Crippen molar-refractivity contribution in [3.63, 3.8) is 0 Å². The molecule has 4 N–H and O–H groups in total. The van der Waals surface area contributed by atoms with Gasteiger partial charge in [0.2, 0.25) is 5.91 Å². The molecule has 0 saturated carbocycles. The fourth-order valence-electron chi connectivity index (χ4n) is 2.48. The monoisotopic (exact) mass is 384 g/mol. The Morgan fingerprint density at radius 3 is 2.63 bits per heavy atom. The van der Waals surface area contributed by atoms with E-state index in [1.54, 1.807) is 6.07 Å². The summed E-state index contributed by atoms with van der Waals surface area (Å²) in [7, 11) is 0. The second-order valence-electron chi connectivity index (χ2n) is 5.67. The second-order valence-corrected chi connectivity index (χ2v) is 6.20. The van der Waals surface area contributed by atoms with Crippen molar-refractivity contribution in [3.8, 4) is 11.4 Å². The van der Waals surface area contributed by atoms with Crippen molar-refractivity contribution in [2.24, 2.45) is 5.73 Å². The van der Waals surface area contributed by atoms with Crippen LogP contribution in [0, 0.1) is 0 Å². The maximum Gasteiger partial charge on any atom is 0.273 e. The number of carbonyl (C=O) groups excluding carboxylic acids is 2. The molecule has 2 unspecified atom stereocenters. The van der Waals surface area contributed by atoms with Gasteiger partial charge in [0.1, 0.15) is 12.0 Å². The molecule has 27 heavy (non-hydrogen) atoms. The third kappa shape index (κ3) is 4.49. The number of amides is 2. The Morgan fingerprint density at radius 1 is 1.19 bits per heavy atom. The highest BCUT2D eigenvalue weighted by molar-refractivity contribution is 6.99. The quantitative estimate of drug-likeness (QED) is 0.527. The maximum atomic E-state index is 12.7. The number of nitrogens with one attached hydrogen (secondary N) is 1. The summed E-state index contributed by atoms with van der Waals surface area (Å²) >= 11 is 0.860. The Morgan fingerprint density at radius 2 is 1.96 bits per heavy atom. The predicted molar refractivity (Wildman–Crippen MR) is 97.5 cm³/mol. The van der Waals surface area contributed by atoms with Crippen molar-refractivity contribution in [3.05, 3.63) is 60.2 Å². The van der Waals surface area contributed by atoms with E-state index in [9.17, 15) is 14.7 Å². The molecule has 1 aromatic carbocycles. The molecule has 2 amide bonds. The van der Waals surface area contributed by atoms with Gasteiger partial charge in [0.15, 0.2) is 11.8 Å². The summed E-state index contributed by atoms with van der Waals surface area (Å²) in [6.07, 6.45) is 1.53. The van der Waals surface area contributed by atoms with Crippen LogP contribution < -0.4 is 11.1 Å². The summed E-state index contributed by atoms with van der Waals surface area (Å²) in [4.78, 5) is 32.1. The highest BCUT2D eigenvalue weighted by Gasteiger charge is 2.28. The zero-order valence-electron chi connectivity index (χ0n) is 14.0. The number of nitrogens with two attached hydrogens (primary N) is 1. The van der Waals surface area contributed by atoms with Gasteiger partial charge in [0, 0.05) is 6.20 Å². The van der Waals surface area contributed by atoms with E-state index in [4.69, 9.17) is 5.73 Å². The summed E-state index contributed by atoms with van der Waals surface area (Å²) in [6.45, 7) is 0. The van der Waals surface area contributed by atoms with Gasteiger partial charge in [-0.05, 0) is 18.1 Å². The second kappa shape index (κ2) is 8.43. The van der Waals surface area contributed by atoms with Crippen LogP contribution in [0.3, 0.4) is 0 Å². The van der Waals surface area contributed by atoms with Crippen LogP contribution in [0.5, 0.6) is 0 Å². The Bertz CT molecular complexity index is 919. The van der Waals surface area contributed by atoms with E-state index >= 15 is 0 Å². The molecule has 0 aliphatic rings. The lowest BCUT2D eigenvalue weighted by atomic mass is 10.0. The molecule has 0 aliphatic heterocycles. The number of hydrogen-bond acceptors (Lipinski definition) is 8. The van der Waals surface area contributed by atoms with Crippen molar-refractivity contribution in [1.82, 2.24) is 24.0 Å². The number of aliphatic hydroxyl groups excluding tert-OH is 1. The molecule has 0 bridgehead atoms. The van der Waals surface area contributed by atoms with Gasteiger partial charge < -0.3 is 16.2 Å². The first kappa shape index (κ1) is 18.5.